The van der Waals surface area contributed by atoms with Crippen LogP contribution >= 0.6 is 0 Å². The monoisotopic (exact) mass is 496 g/mol. The van der Waals surface area contributed by atoms with E-state index in [0.717, 1.165) is 5.56 Å². The molecule has 192 valence electrons. The van der Waals surface area contributed by atoms with E-state index in [-0.39, 0.29) is 5.92 Å². The number of hydrogen-bond donors (Lipinski definition) is 7. The van der Waals surface area contributed by atoms with Crippen molar-refractivity contribution in [1.29, 1.82) is 0 Å². The fraction of sp³-hybridized carbons (Fsp3) is 0.522. The quantitative estimate of drug-likeness (QED) is 0.208. The van der Waals surface area contributed by atoms with Crippen molar-refractivity contribution in [3.05, 3.63) is 47.5 Å². The molecular formula is C23H28O12. The molecule has 0 aliphatic carbocycles. The number of carbonyl (C=O) groups is 3. The molecule has 7 N–H and O–H groups in total. The van der Waals surface area contributed by atoms with Gasteiger partial charge in [-0.2, -0.15) is 0 Å². The predicted octanol–water partition coefficient (Wildman–Crippen LogP) is -0.867. The summed E-state index contributed by atoms with van der Waals surface area (Å²) in [5, 5.41) is 71.5. The number of fused-ring (bicyclic) bond motifs is 2. The minimum absolute atomic E-state index is 0.277. The Bertz CT molecular complexity index is 1020. The topological polar surface area (TPSA) is 211 Å². The summed E-state index contributed by atoms with van der Waals surface area (Å²) in [6, 6.07) is 9.34. The van der Waals surface area contributed by atoms with Gasteiger partial charge in [0.1, 0.15) is 12.2 Å². The molecule has 2 fully saturated rings. The summed E-state index contributed by atoms with van der Waals surface area (Å²) < 4.78 is 10.5. The van der Waals surface area contributed by atoms with Crippen LogP contribution in [0.25, 0.3) is 0 Å². The first-order valence-corrected chi connectivity index (χ1v) is 10.8. The first-order valence-electron chi connectivity index (χ1n) is 10.8. The van der Waals surface area contributed by atoms with E-state index in [9.17, 15) is 50.1 Å². The fourth-order valence-corrected chi connectivity index (χ4v) is 4.75. The molecule has 2 aliphatic rings. The number of ether oxygens (including phenoxy) is 2. The number of benzene rings is 1. The molecule has 35 heavy (non-hydrogen) atoms. The van der Waals surface area contributed by atoms with Crippen LogP contribution in [0.4, 0.5) is 0 Å². The second kappa shape index (κ2) is 9.30. The third kappa shape index (κ3) is 4.01. The van der Waals surface area contributed by atoms with Gasteiger partial charge in [-0.3, -0.25) is 0 Å². The maximum atomic E-state index is 12.1. The lowest BCUT2D eigenvalue weighted by Gasteiger charge is -2.48. The van der Waals surface area contributed by atoms with E-state index in [1.54, 1.807) is 6.92 Å². The maximum absolute atomic E-state index is 12.1. The molecular weight excluding hydrogens is 468 g/mol. The van der Waals surface area contributed by atoms with Crippen LogP contribution in [0.2, 0.25) is 0 Å². The van der Waals surface area contributed by atoms with Gasteiger partial charge in [0.15, 0.2) is 0 Å². The van der Waals surface area contributed by atoms with Gasteiger partial charge in [0.25, 0.3) is 0 Å². The highest BCUT2D eigenvalue weighted by Crippen LogP contribution is 2.54. The summed E-state index contributed by atoms with van der Waals surface area (Å²) in [6.45, 7) is 3.33. The average Bonchev–Trinajstić information content (AvgIpc) is 3.00. The van der Waals surface area contributed by atoms with E-state index in [1.807, 2.05) is 30.3 Å². The lowest BCUT2D eigenvalue weighted by atomic mass is 9.74. The summed E-state index contributed by atoms with van der Waals surface area (Å²) in [7, 11) is 0. The van der Waals surface area contributed by atoms with Crippen LogP contribution < -0.4 is 0 Å². The van der Waals surface area contributed by atoms with Gasteiger partial charge in [-0.25, -0.2) is 14.4 Å². The highest BCUT2D eigenvalue weighted by atomic mass is 16.8. The number of carboxylic acids is 3. The molecule has 2 saturated heterocycles. The number of aliphatic hydroxyl groups is 4. The van der Waals surface area contributed by atoms with E-state index >= 15 is 0 Å². The Labute approximate surface area is 199 Å². The smallest absolute Gasteiger partial charge is 0.343 e. The van der Waals surface area contributed by atoms with Crippen LogP contribution in [0.15, 0.2) is 42.0 Å². The van der Waals surface area contributed by atoms with Crippen LogP contribution in [0, 0.1) is 5.92 Å². The summed E-state index contributed by atoms with van der Waals surface area (Å²) >= 11 is 0. The van der Waals surface area contributed by atoms with Crippen molar-refractivity contribution in [2.45, 2.75) is 68.1 Å². The van der Waals surface area contributed by atoms with Crippen LogP contribution in [-0.2, 0) is 30.3 Å². The van der Waals surface area contributed by atoms with E-state index < -0.39 is 65.7 Å². The maximum Gasteiger partial charge on any atom is 0.343 e. The number of aliphatic hydroxyl groups excluding tert-OH is 3. The second-order valence-corrected chi connectivity index (χ2v) is 9.02. The van der Waals surface area contributed by atoms with Crippen LogP contribution in [0.5, 0.6) is 0 Å². The van der Waals surface area contributed by atoms with Crippen LogP contribution in [-0.4, -0.2) is 95.1 Å². The summed E-state index contributed by atoms with van der Waals surface area (Å²) in [6.07, 6.45) is -7.29. The predicted molar refractivity (Wildman–Crippen MR) is 115 cm³/mol. The number of carboxylic acid groups (broad SMARTS) is 3. The lowest BCUT2D eigenvalue weighted by Crippen LogP contribution is -2.77. The number of hydrogen-bond acceptors (Lipinski definition) is 9. The van der Waals surface area contributed by atoms with Gasteiger partial charge in [-0.05, 0) is 30.4 Å². The molecule has 8 unspecified atom stereocenters. The molecule has 1 aromatic carbocycles. The molecule has 0 amide bonds. The lowest BCUT2D eigenvalue weighted by molar-refractivity contribution is -0.371. The molecule has 0 aromatic heterocycles. The third-order valence-corrected chi connectivity index (χ3v) is 6.75. The van der Waals surface area contributed by atoms with E-state index in [2.05, 4.69) is 0 Å². The molecule has 0 radical (unpaired) electrons. The van der Waals surface area contributed by atoms with Crippen LogP contribution in [0.1, 0.15) is 25.8 Å². The number of rotatable bonds is 9. The van der Waals surface area contributed by atoms with Gasteiger partial charge in [-0.1, -0.05) is 43.3 Å². The molecule has 0 saturated carbocycles. The summed E-state index contributed by atoms with van der Waals surface area (Å²) in [4.78, 5) is 35.8. The standard InChI is InChI=1S/C23H28O12/c1-11(14(24)12(2)10-13-6-4-3-5-7-13)8-9-21-15(25)16(26)23(35-21,20(31)32)22(33,19(29)30)17(34-21)18(27)28/h3-8,12,14-17,24-26,33H,9-10H2,1-2H3,(H,27,28)(H,29,30)(H,31,32). The van der Waals surface area contributed by atoms with Gasteiger partial charge >= 0.3 is 17.9 Å². The van der Waals surface area contributed by atoms with Crippen LogP contribution in [0.3, 0.4) is 0 Å². The molecule has 2 heterocycles. The highest BCUT2D eigenvalue weighted by molar-refractivity contribution is 5.97. The van der Waals surface area contributed by atoms with Gasteiger partial charge in [0.2, 0.25) is 23.1 Å². The average molecular weight is 496 g/mol. The largest absolute Gasteiger partial charge is 0.479 e. The Morgan fingerprint density at radius 1 is 1.06 bits per heavy atom. The van der Waals surface area contributed by atoms with Crippen molar-refractivity contribution in [2.24, 2.45) is 5.92 Å². The second-order valence-electron chi connectivity index (χ2n) is 9.02. The van der Waals surface area contributed by atoms with Crippen molar-refractivity contribution >= 4 is 17.9 Å². The Balaban J connectivity index is 1.94. The van der Waals surface area contributed by atoms with Gasteiger partial charge in [-0.15, -0.1) is 0 Å². The molecule has 0 spiro atoms. The zero-order valence-corrected chi connectivity index (χ0v) is 18.9. The van der Waals surface area contributed by atoms with Gasteiger partial charge < -0.3 is 45.2 Å². The van der Waals surface area contributed by atoms with Gasteiger partial charge in [0, 0.05) is 6.42 Å². The third-order valence-electron chi connectivity index (χ3n) is 6.75. The first kappa shape index (κ1) is 26.7. The Morgan fingerprint density at radius 3 is 2.17 bits per heavy atom. The molecule has 12 nitrogen and oxygen atoms in total. The minimum Gasteiger partial charge on any atom is -0.479 e. The zero-order chi connectivity index (χ0) is 26.3. The molecule has 8 atom stereocenters. The summed E-state index contributed by atoms with van der Waals surface area (Å²) in [5.74, 6) is -9.41. The van der Waals surface area contributed by atoms with Crippen molar-refractivity contribution in [3.63, 3.8) is 0 Å². The van der Waals surface area contributed by atoms with Gasteiger partial charge in [0.05, 0.1) is 6.10 Å². The SMILES string of the molecule is CC(=CCC12OC(C(=O)O)C(O)(C(=O)O)C(C(=O)O)(O1)C(O)C2O)C(O)C(C)Cc1ccccc1. The fourth-order valence-electron chi connectivity index (χ4n) is 4.75. The molecule has 12 heteroatoms. The summed E-state index contributed by atoms with van der Waals surface area (Å²) in [5.41, 5.74) is -5.92. The first-order chi connectivity index (χ1) is 16.2. The number of aliphatic carboxylic acids is 3. The molecule has 1 aromatic rings. The van der Waals surface area contributed by atoms with Crippen molar-refractivity contribution in [1.82, 2.24) is 0 Å². The van der Waals surface area contributed by atoms with Crippen molar-refractivity contribution in [2.75, 3.05) is 0 Å². The molecule has 3 rings (SSSR count). The van der Waals surface area contributed by atoms with E-state index in [1.165, 1.54) is 13.0 Å². The Kier molecular flexibility index (Phi) is 7.10. The van der Waals surface area contributed by atoms with Crippen molar-refractivity contribution < 1.29 is 59.6 Å². The Morgan fingerprint density at radius 2 is 1.66 bits per heavy atom. The van der Waals surface area contributed by atoms with E-state index in [4.69, 9.17) is 9.47 Å². The zero-order valence-electron chi connectivity index (χ0n) is 18.9. The Hall–Kier alpha value is -2.87. The van der Waals surface area contributed by atoms with Crippen molar-refractivity contribution in [3.8, 4) is 0 Å². The molecule has 2 aliphatic heterocycles. The minimum atomic E-state index is -3.78. The highest BCUT2D eigenvalue weighted by Gasteiger charge is 2.84. The van der Waals surface area contributed by atoms with E-state index in [0.29, 0.717) is 12.0 Å². The normalized spacial score (nSPS) is 36.4. The molecule has 2 bridgehead atoms.